The molecule has 1 heterocycles. The standard InChI is InChI=1S/C9H15GeN/c1-10(2,3)11-8-6-4-5-7-9-11/h4-9H,1-3H3. The first-order valence-corrected chi connectivity index (χ1v) is 11.1. The van der Waals surface area contributed by atoms with Crippen molar-refractivity contribution in [2.45, 2.75) is 17.3 Å². The molecule has 0 amide bonds. The minimum atomic E-state index is -1.64. The van der Waals surface area contributed by atoms with Gasteiger partial charge in [-0.1, -0.05) is 0 Å². The molecule has 2 heteroatoms. The number of hydrogen-bond acceptors (Lipinski definition) is 1. The Morgan fingerprint density at radius 1 is 0.818 bits per heavy atom. The van der Waals surface area contributed by atoms with Crippen LogP contribution in [0, 0.1) is 0 Å². The Hall–Kier alpha value is -0.437. The van der Waals surface area contributed by atoms with Crippen molar-refractivity contribution >= 4 is 13.5 Å². The van der Waals surface area contributed by atoms with Gasteiger partial charge in [0.15, 0.2) is 0 Å². The van der Waals surface area contributed by atoms with E-state index in [0.29, 0.717) is 0 Å². The first kappa shape index (κ1) is 8.66. The number of allylic oxidation sites excluding steroid dienone is 4. The molecule has 0 unspecified atom stereocenters. The zero-order valence-corrected chi connectivity index (χ0v) is 9.51. The molecule has 60 valence electrons. The number of rotatable bonds is 1. The summed E-state index contributed by atoms with van der Waals surface area (Å²) in [6.45, 7) is 0. The van der Waals surface area contributed by atoms with Gasteiger partial charge in [-0.2, -0.15) is 0 Å². The van der Waals surface area contributed by atoms with Gasteiger partial charge in [0.2, 0.25) is 0 Å². The van der Waals surface area contributed by atoms with Gasteiger partial charge in [-0.3, -0.25) is 0 Å². The van der Waals surface area contributed by atoms with Gasteiger partial charge in [0.05, 0.1) is 0 Å². The number of hydrogen-bond donors (Lipinski definition) is 0. The van der Waals surface area contributed by atoms with Gasteiger partial charge in [0.1, 0.15) is 0 Å². The summed E-state index contributed by atoms with van der Waals surface area (Å²) in [6, 6.07) is 0. The monoisotopic (exact) mass is 211 g/mol. The van der Waals surface area contributed by atoms with Crippen molar-refractivity contribution in [2.75, 3.05) is 0 Å². The van der Waals surface area contributed by atoms with E-state index in [4.69, 9.17) is 0 Å². The van der Waals surface area contributed by atoms with Crippen LogP contribution in [-0.4, -0.2) is 17.3 Å². The molecule has 1 rings (SSSR count). The molecule has 1 aliphatic heterocycles. The molecule has 0 radical (unpaired) electrons. The van der Waals surface area contributed by atoms with Crippen molar-refractivity contribution in [1.29, 1.82) is 0 Å². The Morgan fingerprint density at radius 3 is 1.64 bits per heavy atom. The summed E-state index contributed by atoms with van der Waals surface area (Å²) in [5.74, 6) is 7.12. The van der Waals surface area contributed by atoms with Crippen molar-refractivity contribution < 1.29 is 0 Å². The van der Waals surface area contributed by atoms with Crippen molar-refractivity contribution in [3.8, 4) is 0 Å². The van der Waals surface area contributed by atoms with E-state index in [9.17, 15) is 0 Å². The zero-order valence-electron chi connectivity index (χ0n) is 7.41. The van der Waals surface area contributed by atoms with Crippen LogP contribution < -0.4 is 0 Å². The van der Waals surface area contributed by atoms with Gasteiger partial charge >= 0.3 is 71.3 Å². The molecule has 1 aliphatic rings. The molecule has 0 aliphatic carbocycles. The van der Waals surface area contributed by atoms with E-state index < -0.39 is 13.5 Å². The molecule has 0 bridgehead atoms. The third-order valence-electron chi connectivity index (χ3n) is 1.60. The van der Waals surface area contributed by atoms with Gasteiger partial charge in [0.25, 0.3) is 0 Å². The predicted molar refractivity (Wildman–Crippen MR) is 52.6 cm³/mol. The predicted octanol–water partition coefficient (Wildman–Crippen LogP) is 2.72. The van der Waals surface area contributed by atoms with Crippen LogP contribution in [0.1, 0.15) is 0 Å². The van der Waals surface area contributed by atoms with Crippen molar-refractivity contribution in [2.24, 2.45) is 0 Å². The average Bonchev–Trinajstić information content (AvgIpc) is 2.10. The van der Waals surface area contributed by atoms with Crippen LogP contribution in [-0.2, 0) is 0 Å². The van der Waals surface area contributed by atoms with Gasteiger partial charge in [-0.25, -0.2) is 0 Å². The van der Waals surface area contributed by atoms with E-state index >= 15 is 0 Å². The van der Waals surface area contributed by atoms with E-state index in [0.717, 1.165) is 0 Å². The quantitative estimate of drug-likeness (QED) is 0.601. The third-order valence-corrected chi connectivity index (χ3v) is 5.48. The van der Waals surface area contributed by atoms with E-state index in [-0.39, 0.29) is 0 Å². The molecule has 0 aromatic rings. The van der Waals surface area contributed by atoms with Crippen LogP contribution in [0.2, 0.25) is 17.3 Å². The fourth-order valence-electron chi connectivity index (χ4n) is 0.910. The molecule has 0 N–H and O–H groups in total. The maximum atomic E-state index is 2.38. The SMILES string of the molecule is [CH3][Ge]([CH3])([CH3])[N]1C=CC=CC=C1. The second-order valence-corrected chi connectivity index (χ2v) is 13.8. The van der Waals surface area contributed by atoms with E-state index in [1.54, 1.807) is 0 Å². The zero-order chi connectivity index (χ0) is 8.32. The Balaban J connectivity index is 2.75. The van der Waals surface area contributed by atoms with Crippen LogP contribution in [0.4, 0.5) is 0 Å². The molecule has 0 saturated heterocycles. The van der Waals surface area contributed by atoms with Gasteiger partial charge in [0, 0.05) is 0 Å². The second-order valence-electron chi connectivity index (χ2n) is 3.65. The third kappa shape index (κ3) is 2.58. The van der Waals surface area contributed by atoms with Crippen molar-refractivity contribution in [1.82, 2.24) is 3.86 Å². The topological polar surface area (TPSA) is 3.24 Å². The Labute approximate surface area is 71.7 Å². The van der Waals surface area contributed by atoms with Crippen LogP contribution >= 0.6 is 0 Å². The molecule has 0 atom stereocenters. The van der Waals surface area contributed by atoms with Crippen molar-refractivity contribution in [3.05, 3.63) is 36.7 Å². The van der Waals surface area contributed by atoms with E-state index in [1.807, 2.05) is 0 Å². The van der Waals surface area contributed by atoms with Crippen LogP contribution in [0.15, 0.2) is 36.7 Å². The van der Waals surface area contributed by atoms with Gasteiger partial charge in [-0.15, -0.1) is 0 Å². The van der Waals surface area contributed by atoms with E-state index in [1.165, 1.54) is 0 Å². The molecular weight excluding hydrogens is 195 g/mol. The first-order valence-electron chi connectivity index (χ1n) is 3.91. The summed E-state index contributed by atoms with van der Waals surface area (Å²) in [6.07, 6.45) is 12.6. The van der Waals surface area contributed by atoms with Crippen LogP contribution in [0.3, 0.4) is 0 Å². The maximum absolute atomic E-state index is 2.38. The Kier molecular flexibility index (Phi) is 2.60. The number of nitrogens with zero attached hydrogens (tertiary/aromatic N) is 1. The molecule has 1 nitrogen and oxygen atoms in total. The molecule has 0 saturated carbocycles. The summed E-state index contributed by atoms with van der Waals surface area (Å²) in [5, 5.41) is 0. The summed E-state index contributed by atoms with van der Waals surface area (Å²) in [7, 11) is 0. The second kappa shape index (κ2) is 3.31. The summed E-state index contributed by atoms with van der Waals surface area (Å²) >= 11 is -1.64. The Bertz CT molecular complexity index is 192. The van der Waals surface area contributed by atoms with Crippen LogP contribution in [0.25, 0.3) is 0 Å². The summed E-state index contributed by atoms with van der Waals surface area (Å²) in [4.78, 5) is 0. The average molecular weight is 210 g/mol. The summed E-state index contributed by atoms with van der Waals surface area (Å²) < 4.78 is 2.38. The molecule has 0 fully saturated rings. The Morgan fingerprint density at radius 2 is 1.27 bits per heavy atom. The van der Waals surface area contributed by atoms with Gasteiger partial charge < -0.3 is 0 Å². The fraction of sp³-hybridized carbons (Fsp3) is 0.333. The normalized spacial score (nSPS) is 17.2. The first-order chi connectivity index (χ1) is 5.11. The van der Waals surface area contributed by atoms with Gasteiger partial charge in [-0.05, 0) is 0 Å². The molecule has 0 aromatic heterocycles. The molecule has 0 aromatic carbocycles. The fourth-order valence-corrected chi connectivity index (χ4v) is 3.15. The molecule has 0 spiro atoms. The minimum absolute atomic E-state index is 1.64. The molecular formula is C9H15GeN. The van der Waals surface area contributed by atoms with E-state index in [2.05, 4.69) is 57.8 Å². The molecule has 11 heavy (non-hydrogen) atoms. The van der Waals surface area contributed by atoms with Crippen molar-refractivity contribution in [3.63, 3.8) is 0 Å². The van der Waals surface area contributed by atoms with Crippen LogP contribution in [0.5, 0.6) is 0 Å². The summed E-state index contributed by atoms with van der Waals surface area (Å²) in [5.41, 5.74) is 0.